The lowest BCUT2D eigenvalue weighted by molar-refractivity contribution is -0.127. The normalized spacial score (nSPS) is 19.3. The van der Waals surface area contributed by atoms with Gasteiger partial charge in [-0.15, -0.1) is 0 Å². The number of nitrogens with zero attached hydrogens (tertiary/aromatic N) is 2. The summed E-state index contributed by atoms with van der Waals surface area (Å²) in [6.07, 6.45) is 4.84. The second kappa shape index (κ2) is 5.02. The molecule has 19 heavy (non-hydrogen) atoms. The second-order valence-electron chi connectivity index (χ2n) is 5.38. The van der Waals surface area contributed by atoms with Gasteiger partial charge >= 0.3 is 0 Å². The highest BCUT2D eigenvalue weighted by Crippen LogP contribution is 2.30. The van der Waals surface area contributed by atoms with Crippen molar-refractivity contribution >= 4 is 5.91 Å². The van der Waals surface area contributed by atoms with Crippen molar-refractivity contribution in [3.05, 3.63) is 29.6 Å². The quantitative estimate of drug-likeness (QED) is 0.777. The summed E-state index contributed by atoms with van der Waals surface area (Å²) in [7, 11) is 1.81. The molecule has 1 aliphatic heterocycles. The molecule has 4 heteroatoms. The van der Waals surface area contributed by atoms with Gasteiger partial charge < -0.3 is 10.0 Å². The first-order valence-electron chi connectivity index (χ1n) is 6.33. The Morgan fingerprint density at radius 2 is 2.21 bits per heavy atom. The van der Waals surface area contributed by atoms with E-state index in [1.54, 1.807) is 31.1 Å². The molecule has 1 fully saturated rings. The van der Waals surface area contributed by atoms with Crippen LogP contribution in [0.5, 0.6) is 0 Å². The maximum Gasteiger partial charge on any atom is 0.222 e. The predicted molar refractivity (Wildman–Crippen MR) is 72.2 cm³/mol. The van der Waals surface area contributed by atoms with E-state index >= 15 is 0 Å². The van der Waals surface area contributed by atoms with Crippen LogP contribution in [0.4, 0.5) is 0 Å². The lowest BCUT2D eigenvalue weighted by atomic mass is 10.0. The fraction of sp³-hybridized carbons (Fsp3) is 0.467. The van der Waals surface area contributed by atoms with Gasteiger partial charge in [-0.1, -0.05) is 11.8 Å². The summed E-state index contributed by atoms with van der Waals surface area (Å²) in [6.45, 7) is 3.28. The minimum atomic E-state index is -1.02. The zero-order valence-electron chi connectivity index (χ0n) is 11.5. The molecule has 1 amide bonds. The van der Waals surface area contributed by atoms with Crippen molar-refractivity contribution in [2.75, 3.05) is 7.05 Å². The molecule has 1 atom stereocenters. The van der Waals surface area contributed by atoms with Gasteiger partial charge in [-0.05, 0) is 31.9 Å². The minimum Gasteiger partial charge on any atom is -0.378 e. The van der Waals surface area contributed by atoms with Crippen molar-refractivity contribution < 1.29 is 9.90 Å². The molecule has 0 aromatic carbocycles. The smallest absolute Gasteiger partial charge is 0.222 e. The molecule has 0 radical (unpaired) electrons. The first-order chi connectivity index (χ1) is 8.87. The molecule has 1 unspecified atom stereocenters. The van der Waals surface area contributed by atoms with E-state index in [9.17, 15) is 9.90 Å². The molecule has 0 aliphatic carbocycles. The number of likely N-dealkylation sites (tertiary alicyclic amines) is 1. The van der Waals surface area contributed by atoms with E-state index in [1.807, 2.05) is 13.1 Å². The number of aromatic nitrogens is 1. The lowest BCUT2D eigenvalue weighted by Gasteiger charge is -2.19. The molecule has 1 saturated heterocycles. The summed E-state index contributed by atoms with van der Waals surface area (Å²) in [5.74, 6) is 5.83. The minimum absolute atomic E-state index is 0.0869. The van der Waals surface area contributed by atoms with Crippen LogP contribution in [0.3, 0.4) is 0 Å². The first-order valence-corrected chi connectivity index (χ1v) is 6.33. The van der Waals surface area contributed by atoms with Gasteiger partial charge in [-0.3, -0.25) is 9.78 Å². The Morgan fingerprint density at radius 3 is 2.79 bits per heavy atom. The Morgan fingerprint density at radius 1 is 1.47 bits per heavy atom. The summed E-state index contributed by atoms with van der Waals surface area (Å²) in [5.41, 5.74) is 0.735. The van der Waals surface area contributed by atoms with Crippen LogP contribution < -0.4 is 0 Å². The third-order valence-corrected chi connectivity index (χ3v) is 3.15. The summed E-state index contributed by atoms with van der Waals surface area (Å²) in [4.78, 5) is 17.5. The van der Waals surface area contributed by atoms with Crippen molar-refractivity contribution in [2.24, 2.45) is 0 Å². The van der Waals surface area contributed by atoms with Gasteiger partial charge in [-0.25, -0.2) is 0 Å². The highest BCUT2D eigenvalue weighted by molar-refractivity contribution is 5.78. The summed E-state index contributed by atoms with van der Waals surface area (Å²) >= 11 is 0. The Kier molecular flexibility index (Phi) is 3.59. The Hall–Kier alpha value is -1.86. The highest BCUT2D eigenvalue weighted by atomic mass is 16.3. The molecule has 100 valence electrons. The van der Waals surface area contributed by atoms with E-state index < -0.39 is 5.60 Å². The zero-order valence-corrected chi connectivity index (χ0v) is 11.5. The maximum atomic E-state index is 11.5. The molecule has 1 aromatic rings. The maximum absolute atomic E-state index is 11.5. The number of aliphatic hydroxyl groups is 1. The van der Waals surface area contributed by atoms with E-state index in [2.05, 4.69) is 16.8 Å². The number of carbonyl (C=O) groups is 1. The number of hydrogen-bond donors (Lipinski definition) is 1. The van der Waals surface area contributed by atoms with Crippen molar-refractivity contribution in [1.29, 1.82) is 0 Å². The van der Waals surface area contributed by atoms with Crippen LogP contribution in [0.2, 0.25) is 0 Å². The molecule has 0 bridgehead atoms. The number of pyridine rings is 1. The Balaban J connectivity index is 2.25. The van der Waals surface area contributed by atoms with Crippen molar-refractivity contribution in [2.45, 2.75) is 38.3 Å². The van der Waals surface area contributed by atoms with E-state index in [-0.39, 0.29) is 11.9 Å². The third kappa shape index (κ3) is 3.33. The van der Waals surface area contributed by atoms with Crippen LogP contribution in [-0.4, -0.2) is 33.5 Å². The fourth-order valence-corrected chi connectivity index (χ4v) is 2.13. The largest absolute Gasteiger partial charge is 0.378 e. The molecule has 1 aromatic heterocycles. The average molecular weight is 258 g/mol. The van der Waals surface area contributed by atoms with Gasteiger partial charge in [0.2, 0.25) is 5.91 Å². The summed E-state index contributed by atoms with van der Waals surface area (Å²) < 4.78 is 0. The first kappa shape index (κ1) is 13.6. The standard InChI is InChI=1S/C15H18N2O2/c1-15(2,19)7-6-11-8-12(10-16-9-11)13-4-5-14(18)17(13)3/h8-10,13,19H,4-5H2,1-3H3. The van der Waals surface area contributed by atoms with Crippen LogP contribution in [-0.2, 0) is 4.79 Å². The second-order valence-corrected chi connectivity index (χ2v) is 5.38. The summed E-state index contributed by atoms with van der Waals surface area (Å²) in [6, 6.07) is 2.02. The molecule has 0 saturated carbocycles. The molecule has 1 aliphatic rings. The number of rotatable bonds is 1. The van der Waals surface area contributed by atoms with Gasteiger partial charge in [0, 0.05) is 31.4 Å². The average Bonchev–Trinajstić information content (AvgIpc) is 2.67. The van der Waals surface area contributed by atoms with Gasteiger partial charge in [0.1, 0.15) is 5.60 Å². The van der Waals surface area contributed by atoms with Gasteiger partial charge in [-0.2, -0.15) is 0 Å². The fourth-order valence-electron chi connectivity index (χ4n) is 2.13. The molecular formula is C15H18N2O2. The third-order valence-electron chi connectivity index (χ3n) is 3.15. The molecule has 4 nitrogen and oxygen atoms in total. The zero-order chi connectivity index (χ0) is 14.0. The van der Waals surface area contributed by atoms with Crippen LogP contribution in [0.25, 0.3) is 0 Å². The molecular weight excluding hydrogens is 240 g/mol. The van der Waals surface area contributed by atoms with Crippen molar-refractivity contribution in [3.8, 4) is 11.8 Å². The monoisotopic (exact) mass is 258 g/mol. The predicted octanol–water partition coefficient (Wildman–Crippen LogP) is 1.50. The van der Waals surface area contributed by atoms with Crippen LogP contribution in [0.15, 0.2) is 18.5 Å². The SMILES string of the molecule is CN1C(=O)CCC1c1cncc(C#CC(C)(C)O)c1. The van der Waals surface area contributed by atoms with E-state index in [1.165, 1.54) is 0 Å². The van der Waals surface area contributed by atoms with E-state index in [4.69, 9.17) is 0 Å². The summed E-state index contributed by atoms with van der Waals surface area (Å²) in [5, 5.41) is 9.59. The van der Waals surface area contributed by atoms with Gasteiger partial charge in [0.25, 0.3) is 0 Å². The molecule has 2 rings (SSSR count). The van der Waals surface area contributed by atoms with Crippen LogP contribution in [0.1, 0.15) is 43.9 Å². The van der Waals surface area contributed by atoms with Crippen molar-refractivity contribution in [1.82, 2.24) is 9.88 Å². The number of hydrogen-bond acceptors (Lipinski definition) is 3. The van der Waals surface area contributed by atoms with Gasteiger partial charge in [0.15, 0.2) is 0 Å². The lowest BCUT2D eigenvalue weighted by Crippen LogP contribution is -2.22. The molecule has 2 heterocycles. The highest BCUT2D eigenvalue weighted by Gasteiger charge is 2.29. The molecule has 1 N–H and O–H groups in total. The topological polar surface area (TPSA) is 53.4 Å². The van der Waals surface area contributed by atoms with Crippen LogP contribution >= 0.6 is 0 Å². The molecule has 0 spiro atoms. The Labute approximate surface area is 113 Å². The van der Waals surface area contributed by atoms with E-state index in [0.717, 1.165) is 17.5 Å². The van der Waals surface area contributed by atoms with Crippen LogP contribution in [0, 0.1) is 11.8 Å². The van der Waals surface area contributed by atoms with Crippen molar-refractivity contribution in [3.63, 3.8) is 0 Å². The number of carbonyl (C=O) groups excluding carboxylic acids is 1. The van der Waals surface area contributed by atoms with Gasteiger partial charge in [0.05, 0.1) is 6.04 Å². The number of amides is 1. The van der Waals surface area contributed by atoms with E-state index in [0.29, 0.717) is 6.42 Å². The Bertz CT molecular complexity index is 549.